The molecule has 1 aromatic carbocycles. The number of hydrogen-bond donors (Lipinski definition) is 1. The van der Waals surface area contributed by atoms with Crippen LogP contribution in [0.2, 0.25) is 0 Å². The van der Waals surface area contributed by atoms with Gasteiger partial charge in [0, 0.05) is 18.8 Å². The number of carboxylic acids is 1. The second kappa shape index (κ2) is 4.64. The number of aromatic nitrogens is 2. The Morgan fingerprint density at radius 3 is 2.67 bits per heavy atom. The van der Waals surface area contributed by atoms with E-state index >= 15 is 0 Å². The van der Waals surface area contributed by atoms with Gasteiger partial charge in [0.2, 0.25) is 0 Å². The van der Waals surface area contributed by atoms with Gasteiger partial charge in [0.25, 0.3) is 0 Å². The topological polar surface area (TPSA) is 55.1 Å². The molecule has 0 aliphatic carbocycles. The summed E-state index contributed by atoms with van der Waals surface area (Å²) in [4.78, 5) is 10.9. The summed E-state index contributed by atoms with van der Waals surface area (Å²) in [7, 11) is 1.80. The minimum Gasteiger partial charge on any atom is -0.481 e. The molecule has 0 aliphatic heterocycles. The van der Waals surface area contributed by atoms with Crippen molar-refractivity contribution < 1.29 is 9.90 Å². The smallest absolute Gasteiger partial charge is 0.309 e. The predicted molar refractivity (Wildman–Crippen MR) is 69.5 cm³/mol. The van der Waals surface area contributed by atoms with E-state index in [4.69, 9.17) is 5.11 Å². The van der Waals surface area contributed by atoms with Gasteiger partial charge in [-0.05, 0) is 25.0 Å². The molecule has 1 heterocycles. The molecule has 0 atom stereocenters. The van der Waals surface area contributed by atoms with Crippen molar-refractivity contribution in [2.24, 2.45) is 7.05 Å². The highest BCUT2D eigenvalue weighted by atomic mass is 16.4. The second-order valence-corrected chi connectivity index (χ2v) is 4.55. The van der Waals surface area contributed by atoms with Crippen LogP contribution in [0.4, 0.5) is 0 Å². The van der Waals surface area contributed by atoms with Crippen LogP contribution in [0, 0.1) is 13.8 Å². The monoisotopic (exact) mass is 244 g/mol. The standard InChI is InChI=1S/C14H16N2O2/c1-9-4-5-11(10(2)6-9)12-8-16(3)15-13(12)7-14(17)18/h4-6,8H,7H2,1-3H3,(H,17,18). The Kier molecular flexibility index (Phi) is 3.19. The summed E-state index contributed by atoms with van der Waals surface area (Å²) in [5.41, 5.74) is 4.88. The molecule has 0 saturated heterocycles. The van der Waals surface area contributed by atoms with Gasteiger partial charge in [-0.15, -0.1) is 0 Å². The summed E-state index contributed by atoms with van der Waals surface area (Å²) in [6, 6.07) is 6.14. The fourth-order valence-electron chi connectivity index (χ4n) is 2.15. The van der Waals surface area contributed by atoms with Crippen LogP contribution in [0.15, 0.2) is 24.4 Å². The molecule has 0 fully saturated rings. The third kappa shape index (κ3) is 2.42. The zero-order valence-electron chi connectivity index (χ0n) is 10.8. The van der Waals surface area contributed by atoms with E-state index in [0.717, 1.165) is 16.7 Å². The van der Waals surface area contributed by atoms with E-state index in [1.54, 1.807) is 11.7 Å². The fourth-order valence-corrected chi connectivity index (χ4v) is 2.15. The van der Waals surface area contributed by atoms with Gasteiger partial charge in [0.1, 0.15) is 0 Å². The van der Waals surface area contributed by atoms with E-state index in [0.29, 0.717) is 5.69 Å². The molecular formula is C14H16N2O2. The molecule has 1 N–H and O–H groups in total. The van der Waals surface area contributed by atoms with Crippen LogP contribution < -0.4 is 0 Å². The maximum absolute atomic E-state index is 10.9. The van der Waals surface area contributed by atoms with Crippen LogP contribution in [-0.4, -0.2) is 20.9 Å². The predicted octanol–water partition coefficient (Wildman–Crippen LogP) is 2.33. The summed E-state index contributed by atoms with van der Waals surface area (Å²) < 4.78 is 1.66. The van der Waals surface area contributed by atoms with Crippen LogP contribution in [0.1, 0.15) is 16.8 Å². The molecule has 1 aromatic heterocycles. The van der Waals surface area contributed by atoms with Crippen molar-refractivity contribution in [2.45, 2.75) is 20.3 Å². The molecule has 4 nitrogen and oxygen atoms in total. The zero-order valence-corrected chi connectivity index (χ0v) is 10.8. The number of aliphatic carboxylic acids is 1. The average molecular weight is 244 g/mol. The molecule has 2 rings (SSSR count). The van der Waals surface area contributed by atoms with E-state index in [1.807, 2.05) is 32.2 Å². The Labute approximate surface area is 106 Å². The molecule has 18 heavy (non-hydrogen) atoms. The van der Waals surface area contributed by atoms with Crippen molar-refractivity contribution in [3.05, 3.63) is 41.2 Å². The first-order valence-corrected chi connectivity index (χ1v) is 5.79. The highest BCUT2D eigenvalue weighted by Crippen LogP contribution is 2.27. The number of carbonyl (C=O) groups is 1. The maximum Gasteiger partial charge on any atom is 0.309 e. The van der Waals surface area contributed by atoms with E-state index in [9.17, 15) is 4.79 Å². The van der Waals surface area contributed by atoms with Gasteiger partial charge < -0.3 is 5.11 Å². The number of hydrogen-bond acceptors (Lipinski definition) is 2. The lowest BCUT2D eigenvalue weighted by Gasteiger charge is -2.06. The molecule has 0 unspecified atom stereocenters. The van der Waals surface area contributed by atoms with Gasteiger partial charge in [0.15, 0.2) is 0 Å². The Hall–Kier alpha value is -2.10. The SMILES string of the molecule is Cc1ccc(-c2cn(C)nc2CC(=O)O)c(C)c1. The molecule has 94 valence electrons. The molecular weight excluding hydrogens is 228 g/mol. The van der Waals surface area contributed by atoms with Crippen molar-refractivity contribution in [3.8, 4) is 11.1 Å². The summed E-state index contributed by atoms with van der Waals surface area (Å²) in [6.45, 7) is 4.07. The lowest BCUT2D eigenvalue weighted by molar-refractivity contribution is -0.136. The van der Waals surface area contributed by atoms with E-state index in [2.05, 4.69) is 11.2 Å². The normalized spacial score (nSPS) is 10.6. The Morgan fingerprint density at radius 1 is 1.33 bits per heavy atom. The molecule has 2 aromatic rings. The van der Waals surface area contributed by atoms with Crippen LogP contribution in [0.25, 0.3) is 11.1 Å². The highest BCUT2D eigenvalue weighted by Gasteiger charge is 2.14. The lowest BCUT2D eigenvalue weighted by Crippen LogP contribution is -2.03. The average Bonchev–Trinajstić information content (AvgIpc) is 2.58. The number of benzene rings is 1. The summed E-state index contributed by atoms with van der Waals surface area (Å²) in [6.07, 6.45) is 1.82. The van der Waals surface area contributed by atoms with Crippen molar-refractivity contribution in [1.29, 1.82) is 0 Å². The van der Waals surface area contributed by atoms with E-state index in [1.165, 1.54) is 5.56 Å². The van der Waals surface area contributed by atoms with Crippen molar-refractivity contribution in [3.63, 3.8) is 0 Å². The van der Waals surface area contributed by atoms with Crippen LogP contribution in [0.5, 0.6) is 0 Å². The van der Waals surface area contributed by atoms with Crippen molar-refractivity contribution in [1.82, 2.24) is 9.78 Å². The summed E-state index contributed by atoms with van der Waals surface area (Å²) in [5, 5.41) is 13.1. The van der Waals surface area contributed by atoms with Crippen LogP contribution >= 0.6 is 0 Å². The van der Waals surface area contributed by atoms with Crippen molar-refractivity contribution in [2.75, 3.05) is 0 Å². The minimum absolute atomic E-state index is 0.0521. The van der Waals surface area contributed by atoms with E-state index < -0.39 is 5.97 Å². The quantitative estimate of drug-likeness (QED) is 0.901. The first kappa shape index (κ1) is 12.4. The summed E-state index contributed by atoms with van der Waals surface area (Å²) >= 11 is 0. The Morgan fingerprint density at radius 2 is 2.06 bits per heavy atom. The summed E-state index contributed by atoms with van der Waals surface area (Å²) in [5.74, 6) is -0.861. The molecule has 4 heteroatoms. The van der Waals surface area contributed by atoms with Crippen LogP contribution in [-0.2, 0) is 18.3 Å². The zero-order chi connectivity index (χ0) is 13.3. The third-order valence-corrected chi connectivity index (χ3v) is 2.90. The first-order valence-electron chi connectivity index (χ1n) is 5.79. The number of nitrogens with zero attached hydrogens (tertiary/aromatic N) is 2. The maximum atomic E-state index is 10.9. The van der Waals surface area contributed by atoms with Gasteiger partial charge >= 0.3 is 5.97 Å². The lowest BCUT2D eigenvalue weighted by atomic mass is 9.98. The Balaban J connectivity index is 2.52. The third-order valence-electron chi connectivity index (χ3n) is 2.90. The molecule has 0 saturated carbocycles. The fraction of sp³-hybridized carbons (Fsp3) is 0.286. The van der Waals surface area contributed by atoms with Gasteiger partial charge in [-0.3, -0.25) is 9.48 Å². The largest absolute Gasteiger partial charge is 0.481 e. The molecule has 0 amide bonds. The van der Waals surface area contributed by atoms with Gasteiger partial charge in [-0.2, -0.15) is 5.10 Å². The number of carboxylic acid groups (broad SMARTS) is 1. The minimum atomic E-state index is -0.861. The Bertz CT molecular complexity index is 600. The van der Waals surface area contributed by atoms with E-state index in [-0.39, 0.29) is 6.42 Å². The molecule has 0 radical (unpaired) electrons. The van der Waals surface area contributed by atoms with Crippen molar-refractivity contribution >= 4 is 5.97 Å². The number of rotatable bonds is 3. The first-order chi connectivity index (χ1) is 8.47. The molecule has 0 aliphatic rings. The number of aryl methyl sites for hydroxylation is 3. The second-order valence-electron chi connectivity index (χ2n) is 4.55. The van der Waals surface area contributed by atoms with Gasteiger partial charge in [-0.1, -0.05) is 23.8 Å². The van der Waals surface area contributed by atoms with Crippen LogP contribution in [0.3, 0.4) is 0 Å². The molecule has 0 bridgehead atoms. The highest BCUT2D eigenvalue weighted by molar-refractivity contribution is 5.76. The van der Waals surface area contributed by atoms with Gasteiger partial charge in [-0.25, -0.2) is 0 Å². The van der Waals surface area contributed by atoms with Gasteiger partial charge in [0.05, 0.1) is 12.1 Å². The molecule has 0 spiro atoms.